The van der Waals surface area contributed by atoms with E-state index in [1.807, 2.05) is 0 Å². The van der Waals surface area contributed by atoms with Gasteiger partial charge in [-0.2, -0.15) is 0 Å². The number of benzene rings is 1. The molecule has 0 amide bonds. The van der Waals surface area contributed by atoms with Gasteiger partial charge in [-0.15, -0.1) is 0 Å². The molecule has 0 aliphatic carbocycles. The monoisotopic (exact) mass is 198 g/mol. The molecule has 0 spiro atoms. The Balaban J connectivity index is 2.52. The van der Waals surface area contributed by atoms with Crippen molar-refractivity contribution in [3.05, 3.63) is 35.6 Å². The van der Waals surface area contributed by atoms with E-state index in [0.29, 0.717) is 6.61 Å². The van der Waals surface area contributed by atoms with E-state index in [9.17, 15) is 9.18 Å². The van der Waals surface area contributed by atoms with Gasteiger partial charge in [-0.05, 0) is 25.1 Å². The molecule has 0 aliphatic rings. The molecule has 0 fully saturated rings. The fourth-order valence-electron chi connectivity index (χ4n) is 0.877. The van der Waals surface area contributed by atoms with Crippen LogP contribution >= 0.6 is 0 Å². The molecule has 0 aromatic heterocycles. The SMILES string of the molecule is CCOCOC(=O)c1cccc(F)c1. The quantitative estimate of drug-likeness (QED) is 0.421. The molecule has 3 nitrogen and oxygen atoms in total. The van der Waals surface area contributed by atoms with Gasteiger partial charge < -0.3 is 9.47 Å². The first-order chi connectivity index (χ1) is 6.74. The number of halogens is 1. The molecule has 4 heteroatoms. The van der Waals surface area contributed by atoms with Gasteiger partial charge in [-0.3, -0.25) is 0 Å². The summed E-state index contributed by atoms with van der Waals surface area (Å²) in [7, 11) is 0. The maximum Gasteiger partial charge on any atom is 0.340 e. The minimum absolute atomic E-state index is 0.105. The van der Waals surface area contributed by atoms with E-state index >= 15 is 0 Å². The van der Waals surface area contributed by atoms with Gasteiger partial charge in [0.25, 0.3) is 0 Å². The molecule has 1 rings (SSSR count). The molecule has 0 aliphatic heterocycles. The first-order valence-corrected chi connectivity index (χ1v) is 4.24. The predicted molar refractivity (Wildman–Crippen MR) is 48.3 cm³/mol. The summed E-state index contributed by atoms with van der Waals surface area (Å²) in [6, 6.07) is 5.32. The molecule has 0 heterocycles. The van der Waals surface area contributed by atoms with Crippen molar-refractivity contribution in [3.63, 3.8) is 0 Å². The summed E-state index contributed by atoms with van der Waals surface area (Å²) >= 11 is 0. The third kappa shape index (κ3) is 3.14. The first-order valence-electron chi connectivity index (χ1n) is 4.24. The zero-order valence-electron chi connectivity index (χ0n) is 7.83. The lowest BCUT2D eigenvalue weighted by Gasteiger charge is -2.03. The van der Waals surface area contributed by atoms with Crippen molar-refractivity contribution < 1.29 is 18.7 Å². The van der Waals surface area contributed by atoms with Crippen molar-refractivity contribution in [2.24, 2.45) is 0 Å². The van der Waals surface area contributed by atoms with Crippen LogP contribution < -0.4 is 0 Å². The molecule has 0 atom stereocenters. The van der Waals surface area contributed by atoms with Crippen molar-refractivity contribution in [1.29, 1.82) is 0 Å². The summed E-state index contributed by atoms with van der Waals surface area (Å²) in [5.74, 6) is -1.05. The molecular weight excluding hydrogens is 187 g/mol. The lowest BCUT2D eigenvalue weighted by Crippen LogP contribution is -2.08. The van der Waals surface area contributed by atoms with E-state index < -0.39 is 11.8 Å². The van der Waals surface area contributed by atoms with Gasteiger partial charge in [0, 0.05) is 6.61 Å². The molecule has 0 unspecified atom stereocenters. The average Bonchev–Trinajstić information content (AvgIpc) is 2.18. The van der Waals surface area contributed by atoms with E-state index in [1.54, 1.807) is 6.92 Å². The largest absolute Gasteiger partial charge is 0.435 e. The second kappa shape index (κ2) is 5.34. The highest BCUT2D eigenvalue weighted by Crippen LogP contribution is 2.04. The minimum Gasteiger partial charge on any atom is -0.435 e. The van der Waals surface area contributed by atoms with Crippen LogP contribution in [0.1, 0.15) is 17.3 Å². The topological polar surface area (TPSA) is 35.5 Å². The standard InChI is InChI=1S/C10H11FO3/c1-2-13-7-14-10(12)8-4-3-5-9(11)6-8/h3-6H,2,7H2,1H3. The minimum atomic E-state index is -0.585. The number of rotatable bonds is 4. The third-order valence-electron chi connectivity index (χ3n) is 1.54. The zero-order valence-corrected chi connectivity index (χ0v) is 7.83. The molecule has 0 saturated carbocycles. The summed E-state index contributed by atoms with van der Waals surface area (Å²) in [4.78, 5) is 11.2. The van der Waals surface area contributed by atoms with Crippen LogP contribution in [0.5, 0.6) is 0 Å². The van der Waals surface area contributed by atoms with Crippen LogP contribution in [-0.4, -0.2) is 19.4 Å². The highest BCUT2D eigenvalue weighted by Gasteiger charge is 2.06. The highest BCUT2D eigenvalue weighted by atomic mass is 19.1. The fourth-order valence-corrected chi connectivity index (χ4v) is 0.877. The van der Waals surface area contributed by atoms with E-state index in [0.717, 1.165) is 6.07 Å². The maximum atomic E-state index is 12.7. The normalized spacial score (nSPS) is 9.86. The molecule has 1 aromatic carbocycles. The van der Waals surface area contributed by atoms with Crippen LogP contribution in [0.15, 0.2) is 24.3 Å². The number of esters is 1. The summed E-state index contributed by atoms with van der Waals surface area (Å²) in [5.41, 5.74) is 0.185. The number of ether oxygens (including phenoxy) is 2. The lowest BCUT2D eigenvalue weighted by molar-refractivity contribution is -0.0274. The van der Waals surface area contributed by atoms with Gasteiger partial charge >= 0.3 is 5.97 Å². The first kappa shape index (κ1) is 10.7. The van der Waals surface area contributed by atoms with Gasteiger partial charge in [0.1, 0.15) is 5.82 Å². The Morgan fingerprint density at radius 2 is 2.29 bits per heavy atom. The van der Waals surface area contributed by atoms with Gasteiger partial charge in [0.2, 0.25) is 0 Å². The number of hydrogen-bond donors (Lipinski definition) is 0. The van der Waals surface area contributed by atoms with Gasteiger partial charge in [-0.25, -0.2) is 9.18 Å². The zero-order chi connectivity index (χ0) is 10.4. The van der Waals surface area contributed by atoms with Crippen LogP contribution in [0.25, 0.3) is 0 Å². The Bertz CT molecular complexity index is 312. The second-order valence-electron chi connectivity index (χ2n) is 2.55. The van der Waals surface area contributed by atoms with Crippen LogP contribution in [0, 0.1) is 5.82 Å². The molecule has 0 radical (unpaired) electrons. The molecule has 76 valence electrons. The van der Waals surface area contributed by atoms with Crippen molar-refractivity contribution in [1.82, 2.24) is 0 Å². The maximum absolute atomic E-state index is 12.7. The number of carbonyl (C=O) groups is 1. The summed E-state index contributed by atoms with van der Waals surface area (Å²) in [6.45, 7) is 2.15. The smallest absolute Gasteiger partial charge is 0.340 e. The summed E-state index contributed by atoms with van der Waals surface area (Å²) < 4.78 is 22.2. The van der Waals surface area contributed by atoms with E-state index in [1.165, 1.54) is 18.2 Å². The van der Waals surface area contributed by atoms with E-state index in [2.05, 4.69) is 0 Å². The Morgan fingerprint density at radius 3 is 2.93 bits per heavy atom. The van der Waals surface area contributed by atoms with Crippen LogP contribution in [0.2, 0.25) is 0 Å². The predicted octanol–water partition coefficient (Wildman–Crippen LogP) is 1.98. The van der Waals surface area contributed by atoms with Crippen molar-refractivity contribution in [3.8, 4) is 0 Å². The van der Waals surface area contributed by atoms with Crippen LogP contribution in [0.3, 0.4) is 0 Å². The van der Waals surface area contributed by atoms with Gasteiger partial charge in [0.05, 0.1) is 5.56 Å². The second-order valence-corrected chi connectivity index (χ2v) is 2.55. The average molecular weight is 198 g/mol. The van der Waals surface area contributed by atoms with Crippen molar-refractivity contribution in [2.75, 3.05) is 13.4 Å². The Labute approximate surface area is 81.4 Å². The molecule has 0 bridgehead atoms. The number of hydrogen-bond acceptors (Lipinski definition) is 3. The van der Waals surface area contributed by atoms with Gasteiger partial charge in [0.15, 0.2) is 6.79 Å². The Kier molecular flexibility index (Phi) is 4.07. The highest BCUT2D eigenvalue weighted by molar-refractivity contribution is 5.89. The lowest BCUT2D eigenvalue weighted by atomic mass is 10.2. The molecule has 0 N–H and O–H groups in total. The Hall–Kier alpha value is -1.42. The molecular formula is C10H11FO3. The summed E-state index contributed by atoms with van der Waals surface area (Å²) in [5, 5.41) is 0. The fraction of sp³-hybridized carbons (Fsp3) is 0.300. The Morgan fingerprint density at radius 1 is 1.50 bits per heavy atom. The van der Waals surface area contributed by atoms with Gasteiger partial charge in [-0.1, -0.05) is 6.07 Å². The van der Waals surface area contributed by atoms with Crippen molar-refractivity contribution >= 4 is 5.97 Å². The van der Waals surface area contributed by atoms with Crippen molar-refractivity contribution in [2.45, 2.75) is 6.92 Å². The van der Waals surface area contributed by atoms with Crippen LogP contribution in [0.4, 0.5) is 4.39 Å². The molecule has 14 heavy (non-hydrogen) atoms. The van der Waals surface area contributed by atoms with E-state index in [-0.39, 0.29) is 12.4 Å². The number of carbonyl (C=O) groups excluding carboxylic acids is 1. The van der Waals surface area contributed by atoms with E-state index in [4.69, 9.17) is 9.47 Å². The third-order valence-corrected chi connectivity index (χ3v) is 1.54. The van der Waals surface area contributed by atoms with Crippen LogP contribution in [-0.2, 0) is 9.47 Å². The molecule has 0 saturated heterocycles. The molecule has 1 aromatic rings. The summed E-state index contributed by atoms with van der Waals surface area (Å²) in [6.07, 6.45) is 0.